The Hall–Kier alpha value is -2.42. The van der Waals surface area contributed by atoms with E-state index in [2.05, 4.69) is 10.1 Å². The zero-order valence-corrected chi connectivity index (χ0v) is 17.0. The lowest BCUT2D eigenvalue weighted by Gasteiger charge is -2.28. The van der Waals surface area contributed by atoms with Gasteiger partial charge in [0.25, 0.3) is 5.92 Å². The molecule has 162 valence electrons. The van der Waals surface area contributed by atoms with Crippen molar-refractivity contribution in [2.45, 2.75) is 43.2 Å². The molecule has 0 unspecified atom stereocenters. The van der Waals surface area contributed by atoms with E-state index in [9.17, 15) is 22.0 Å². The summed E-state index contributed by atoms with van der Waals surface area (Å²) in [5, 5.41) is 4.06. The summed E-state index contributed by atoms with van der Waals surface area (Å²) in [4.78, 5) is 5.71. The molecule has 0 N–H and O–H groups in total. The zero-order valence-electron chi connectivity index (χ0n) is 16.2. The molecule has 10 heteroatoms. The van der Waals surface area contributed by atoms with Gasteiger partial charge in [-0.05, 0) is 37.5 Å². The maximum absolute atomic E-state index is 14.2. The second kappa shape index (κ2) is 5.49. The minimum atomic E-state index is -4.56. The first-order valence-corrected chi connectivity index (χ1v) is 10.2. The van der Waals surface area contributed by atoms with Crippen molar-refractivity contribution in [2.24, 2.45) is 5.41 Å². The lowest BCUT2D eigenvalue weighted by atomic mass is 9.87. The highest BCUT2D eigenvalue weighted by atomic mass is 35.5. The van der Waals surface area contributed by atoms with Crippen LogP contribution in [0.1, 0.15) is 36.9 Å². The highest BCUT2D eigenvalue weighted by molar-refractivity contribution is 6.29. The summed E-state index contributed by atoms with van der Waals surface area (Å²) in [7, 11) is 0. The summed E-state index contributed by atoms with van der Waals surface area (Å²) in [5.74, 6) is -3.49. The Morgan fingerprint density at radius 2 is 1.81 bits per heavy atom. The first-order chi connectivity index (χ1) is 14.5. The lowest BCUT2D eigenvalue weighted by molar-refractivity contribution is -0.181. The van der Waals surface area contributed by atoms with E-state index in [1.165, 1.54) is 17.2 Å². The molecule has 2 atom stereocenters. The van der Waals surface area contributed by atoms with E-state index >= 15 is 0 Å². The number of benzene rings is 1. The lowest BCUT2D eigenvalue weighted by Crippen LogP contribution is -2.43. The molecule has 0 bridgehead atoms. The van der Waals surface area contributed by atoms with E-state index in [0.29, 0.717) is 24.1 Å². The number of rotatable bonds is 2. The molecule has 3 heterocycles. The van der Waals surface area contributed by atoms with Crippen LogP contribution in [-0.4, -0.2) is 33.2 Å². The van der Waals surface area contributed by atoms with Crippen LogP contribution in [0.2, 0.25) is 5.15 Å². The monoisotopic (exact) mass is 454 g/mol. The number of aromatic nitrogens is 3. The molecule has 3 aliphatic rings. The van der Waals surface area contributed by atoms with Crippen LogP contribution in [0.5, 0.6) is 0 Å². The summed E-state index contributed by atoms with van der Waals surface area (Å²) in [6, 6.07) is 7.80. The van der Waals surface area contributed by atoms with Crippen molar-refractivity contribution in [1.29, 1.82) is 0 Å². The SMILES string of the molecule is C[C@@]1(C(F)(F)F)CN(c2ccc([C@H]3C(F)(F)C34CC4)cc2)c2cnc3cc(Cl)nn3c21. The first kappa shape index (κ1) is 19.3. The molecule has 1 spiro atoms. The topological polar surface area (TPSA) is 33.4 Å². The molecule has 1 aliphatic heterocycles. The molecule has 2 aromatic heterocycles. The van der Waals surface area contributed by atoms with Crippen LogP contribution >= 0.6 is 11.6 Å². The van der Waals surface area contributed by atoms with Gasteiger partial charge in [0.1, 0.15) is 5.41 Å². The second-order valence-corrected chi connectivity index (χ2v) is 9.34. The predicted molar refractivity (Wildman–Crippen MR) is 104 cm³/mol. The molecule has 1 aromatic carbocycles. The highest BCUT2D eigenvalue weighted by Gasteiger charge is 2.86. The average Bonchev–Trinajstić information content (AvgIpc) is 3.45. The molecule has 6 rings (SSSR count). The molecule has 2 fully saturated rings. The van der Waals surface area contributed by atoms with Gasteiger partial charge in [-0.25, -0.2) is 18.3 Å². The Morgan fingerprint density at radius 3 is 2.39 bits per heavy atom. The van der Waals surface area contributed by atoms with E-state index in [0.717, 1.165) is 11.4 Å². The maximum atomic E-state index is 14.2. The van der Waals surface area contributed by atoms with Crippen LogP contribution < -0.4 is 4.90 Å². The first-order valence-electron chi connectivity index (χ1n) is 9.86. The van der Waals surface area contributed by atoms with Crippen molar-refractivity contribution in [3.63, 3.8) is 0 Å². The van der Waals surface area contributed by atoms with Crippen molar-refractivity contribution in [3.8, 4) is 0 Å². The van der Waals surface area contributed by atoms with Gasteiger partial charge in [0.15, 0.2) is 10.8 Å². The summed E-state index contributed by atoms with van der Waals surface area (Å²) >= 11 is 5.92. The van der Waals surface area contributed by atoms with Gasteiger partial charge < -0.3 is 4.90 Å². The van der Waals surface area contributed by atoms with E-state index in [1.807, 2.05) is 0 Å². The number of hydrogen-bond acceptors (Lipinski definition) is 3. The van der Waals surface area contributed by atoms with E-state index in [-0.39, 0.29) is 28.7 Å². The van der Waals surface area contributed by atoms with Gasteiger partial charge in [0.2, 0.25) is 0 Å². The molecular formula is C21H16ClF5N4. The number of halogens is 6. The van der Waals surface area contributed by atoms with E-state index < -0.39 is 28.8 Å². The molecule has 2 saturated carbocycles. The molecule has 0 saturated heterocycles. The predicted octanol–water partition coefficient (Wildman–Crippen LogP) is 5.87. The molecule has 0 radical (unpaired) electrons. The number of alkyl halides is 5. The Bertz CT molecular complexity index is 1230. The maximum Gasteiger partial charge on any atom is 0.401 e. The largest absolute Gasteiger partial charge is 0.401 e. The van der Waals surface area contributed by atoms with E-state index in [4.69, 9.17) is 11.6 Å². The van der Waals surface area contributed by atoms with E-state index in [1.54, 1.807) is 24.3 Å². The Labute approximate surface area is 178 Å². The van der Waals surface area contributed by atoms with Crippen LogP contribution in [0.4, 0.5) is 33.3 Å². The van der Waals surface area contributed by atoms with Crippen LogP contribution in [0.25, 0.3) is 5.65 Å². The number of hydrogen-bond donors (Lipinski definition) is 0. The van der Waals surface area contributed by atoms with Gasteiger partial charge >= 0.3 is 6.18 Å². The van der Waals surface area contributed by atoms with Crippen LogP contribution in [0.15, 0.2) is 36.5 Å². The Morgan fingerprint density at radius 1 is 1.13 bits per heavy atom. The van der Waals surface area contributed by atoms with Crippen molar-refractivity contribution in [1.82, 2.24) is 14.6 Å². The van der Waals surface area contributed by atoms with Gasteiger partial charge in [-0.1, -0.05) is 23.7 Å². The van der Waals surface area contributed by atoms with Crippen molar-refractivity contribution in [3.05, 3.63) is 52.9 Å². The minimum Gasteiger partial charge on any atom is -0.337 e. The smallest absolute Gasteiger partial charge is 0.337 e. The summed E-state index contributed by atoms with van der Waals surface area (Å²) in [6.07, 6.45) is -2.15. The third-order valence-corrected chi connectivity index (χ3v) is 7.35. The van der Waals surface area contributed by atoms with Gasteiger partial charge in [0.05, 0.1) is 23.5 Å². The Kier molecular flexibility index (Phi) is 3.41. The normalized spacial score (nSPS) is 27.7. The third-order valence-electron chi connectivity index (χ3n) is 7.17. The molecule has 0 amide bonds. The molecule has 2 aliphatic carbocycles. The van der Waals surface area contributed by atoms with Crippen LogP contribution in [-0.2, 0) is 5.41 Å². The fraction of sp³-hybridized carbons (Fsp3) is 0.429. The van der Waals surface area contributed by atoms with Crippen molar-refractivity contribution >= 4 is 28.6 Å². The van der Waals surface area contributed by atoms with Crippen molar-refractivity contribution in [2.75, 3.05) is 11.4 Å². The minimum absolute atomic E-state index is 0.0487. The average molecular weight is 455 g/mol. The third kappa shape index (κ3) is 2.30. The molecule has 3 aromatic rings. The molecule has 31 heavy (non-hydrogen) atoms. The fourth-order valence-corrected chi connectivity index (χ4v) is 5.36. The van der Waals surface area contributed by atoms with Gasteiger partial charge in [-0.3, -0.25) is 0 Å². The number of fused-ring (bicyclic) bond motifs is 3. The molecule has 4 nitrogen and oxygen atoms in total. The molecular weight excluding hydrogens is 439 g/mol. The number of nitrogens with zero attached hydrogens (tertiary/aromatic N) is 4. The highest BCUT2D eigenvalue weighted by Crippen LogP contribution is 2.83. The summed E-state index contributed by atoms with van der Waals surface area (Å²) < 4.78 is 72.0. The summed E-state index contributed by atoms with van der Waals surface area (Å²) in [6.45, 7) is 0.740. The summed E-state index contributed by atoms with van der Waals surface area (Å²) in [5.41, 5.74) is -1.68. The number of anilines is 2. The Balaban J connectivity index is 1.44. The van der Waals surface area contributed by atoms with Gasteiger partial charge in [0, 0.05) is 23.7 Å². The quantitative estimate of drug-likeness (QED) is 0.454. The van der Waals surface area contributed by atoms with Crippen molar-refractivity contribution < 1.29 is 22.0 Å². The van der Waals surface area contributed by atoms with Gasteiger partial charge in [-0.2, -0.15) is 18.3 Å². The van der Waals surface area contributed by atoms with Crippen LogP contribution in [0.3, 0.4) is 0 Å². The second-order valence-electron chi connectivity index (χ2n) is 8.95. The fourth-order valence-electron chi connectivity index (χ4n) is 5.18. The van der Waals surface area contributed by atoms with Crippen LogP contribution in [0, 0.1) is 5.41 Å². The van der Waals surface area contributed by atoms with Gasteiger partial charge in [-0.15, -0.1) is 0 Å². The zero-order chi connectivity index (χ0) is 22.0. The standard InChI is InChI=1S/C21H16ClF5N4/c1-18(21(25,26)27)10-30(13-9-28-15-8-14(22)29-31(15)17(13)18)12-4-2-11(3-5-12)16-19(6-7-19)20(16,23)24/h2-5,8-9,16H,6-7,10H2,1H3/t16-,18-/m1/s1.